The summed E-state index contributed by atoms with van der Waals surface area (Å²) in [4.78, 5) is 14.1. The van der Waals surface area contributed by atoms with E-state index in [1.807, 2.05) is 0 Å². The molecule has 0 aliphatic carbocycles. The molecule has 0 atom stereocenters. The number of benzene rings is 1. The summed E-state index contributed by atoms with van der Waals surface area (Å²) in [5.74, 6) is -0.280. The van der Waals surface area contributed by atoms with Gasteiger partial charge in [0.25, 0.3) is 0 Å². The van der Waals surface area contributed by atoms with Crippen LogP contribution in [0.1, 0.15) is 0 Å². The van der Waals surface area contributed by atoms with E-state index in [2.05, 4.69) is 0 Å². The molecule has 1 saturated heterocycles. The molecule has 1 aromatic rings. The van der Waals surface area contributed by atoms with Crippen LogP contribution in [0.3, 0.4) is 0 Å². The van der Waals surface area contributed by atoms with Crippen LogP contribution in [0.5, 0.6) is 0 Å². The molecule has 2 rings (SSSR count). The van der Waals surface area contributed by atoms with Gasteiger partial charge in [0.15, 0.2) is 0 Å². The third-order valence-corrected chi connectivity index (χ3v) is 2.37. The van der Waals surface area contributed by atoms with Gasteiger partial charge in [0, 0.05) is 7.05 Å². The number of halogens is 1. The minimum atomic E-state index is -0.450. The van der Waals surface area contributed by atoms with Crippen LogP contribution in [0, 0.1) is 11.2 Å². The second kappa shape index (κ2) is 3.34. The Hall–Kier alpha value is -1.91. The zero-order valence-electron chi connectivity index (χ0n) is 8.20. The summed E-state index contributed by atoms with van der Waals surface area (Å²) in [5, 5.41) is 7.48. The van der Waals surface area contributed by atoms with Crippen LogP contribution in [0.25, 0.3) is 0 Å². The van der Waals surface area contributed by atoms with E-state index in [0.717, 1.165) is 0 Å². The van der Waals surface area contributed by atoms with Gasteiger partial charge in [-0.25, -0.2) is 9.18 Å². The molecule has 0 radical (unpaired) electrons. The number of hydrogen-bond acceptors (Lipinski definition) is 2. The topological polar surface area (TPSA) is 47.4 Å². The first-order valence-electron chi connectivity index (χ1n) is 4.48. The number of carbonyl (C=O) groups is 1. The Morgan fingerprint density at radius 1 is 1.40 bits per heavy atom. The lowest BCUT2D eigenvalue weighted by atomic mass is 10.3. The number of nitrogens with one attached hydrogen (secondary N) is 1. The predicted molar refractivity (Wildman–Crippen MR) is 54.6 cm³/mol. The average Bonchev–Trinajstić information content (AvgIpc) is 2.47. The average molecular weight is 207 g/mol. The van der Waals surface area contributed by atoms with E-state index < -0.39 is 5.82 Å². The van der Waals surface area contributed by atoms with E-state index >= 15 is 0 Å². The quantitative estimate of drug-likeness (QED) is 0.748. The van der Waals surface area contributed by atoms with E-state index in [1.54, 1.807) is 12.1 Å². The van der Waals surface area contributed by atoms with E-state index in [9.17, 15) is 9.18 Å². The van der Waals surface area contributed by atoms with Crippen LogP contribution < -0.4 is 4.90 Å². The molecule has 1 aliphatic heterocycles. The lowest BCUT2D eigenvalue weighted by molar-refractivity contribution is 0.237. The van der Waals surface area contributed by atoms with Gasteiger partial charge in [-0.3, -0.25) is 15.2 Å². The molecule has 0 spiro atoms. The molecule has 0 bridgehead atoms. The summed E-state index contributed by atoms with van der Waals surface area (Å²) in [5.41, 5.74) is 0.219. The third-order valence-electron chi connectivity index (χ3n) is 2.37. The van der Waals surface area contributed by atoms with Gasteiger partial charge < -0.3 is 0 Å². The van der Waals surface area contributed by atoms with Crippen molar-refractivity contribution in [3.8, 4) is 0 Å². The number of para-hydroxylation sites is 1. The largest absolute Gasteiger partial charge is 0.330 e. The first-order valence-corrected chi connectivity index (χ1v) is 4.48. The van der Waals surface area contributed by atoms with Gasteiger partial charge >= 0.3 is 6.03 Å². The normalized spacial score (nSPS) is 16.4. The number of hydrogen-bond donors (Lipinski definition) is 1. The highest BCUT2D eigenvalue weighted by Gasteiger charge is 2.32. The summed E-state index contributed by atoms with van der Waals surface area (Å²) in [7, 11) is 1.51. The zero-order valence-corrected chi connectivity index (χ0v) is 8.20. The fraction of sp³-hybridized carbons (Fsp3) is 0.200. The SMILES string of the molecule is CN1C(=N)CN(c2ccccc2F)C1=O. The lowest BCUT2D eigenvalue weighted by Crippen LogP contribution is -2.30. The van der Waals surface area contributed by atoms with Crippen molar-refractivity contribution in [2.24, 2.45) is 0 Å². The molecular weight excluding hydrogens is 197 g/mol. The molecule has 0 unspecified atom stereocenters. The first-order chi connectivity index (χ1) is 7.11. The van der Waals surface area contributed by atoms with Crippen LogP contribution in [-0.4, -0.2) is 30.4 Å². The van der Waals surface area contributed by atoms with Gasteiger partial charge in [-0.1, -0.05) is 12.1 Å². The number of amidine groups is 1. The van der Waals surface area contributed by atoms with Crippen LogP contribution in [0.2, 0.25) is 0 Å². The molecule has 5 heteroatoms. The van der Waals surface area contributed by atoms with Gasteiger partial charge in [-0.05, 0) is 12.1 Å². The Balaban J connectivity index is 2.38. The molecule has 78 valence electrons. The molecule has 1 N–H and O–H groups in total. The second-order valence-corrected chi connectivity index (χ2v) is 3.33. The van der Waals surface area contributed by atoms with Gasteiger partial charge in [-0.15, -0.1) is 0 Å². The minimum absolute atomic E-state index is 0.121. The fourth-order valence-corrected chi connectivity index (χ4v) is 1.48. The molecule has 15 heavy (non-hydrogen) atoms. The smallest absolute Gasteiger partial charge is 0.286 e. The number of nitrogens with zero attached hydrogens (tertiary/aromatic N) is 2. The molecule has 0 aromatic heterocycles. The van der Waals surface area contributed by atoms with Crippen LogP contribution >= 0.6 is 0 Å². The monoisotopic (exact) mass is 207 g/mol. The number of anilines is 1. The van der Waals surface area contributed by atoms with Crippen molar-refractivity contribution >= 4 is 17.6 Å². The van der Waals surface area contributed by atoms with E-state index in [1.165, 1.54) is 29.0 Å². The maximum atomic E-state index is 13.4. The maximum absolute atomic E-state index is 13.4. The highest BCUT2D eigenvalue weighted by Crippen LogP contribution is 2.22. The highest BCUT2D eigenvalue weighted by molar-refractivity contribution is 6.12. The summed E-state index contributed by atoms with van der Waals surface area (Å²) in [6.07, 6.45) is 0. The molecular formula is C10H10FN3O. The molecule has 2 amide bonds. The number of carbonyl (C=O) groups excluding carboxylic acids is 1. The maximum Gasteiger partial charge on any atom is 0.330 e. The van der Waals surface area contributed by atoms with E-state index in [0.29, 0.717) is 0 Å². The molecule has 4 nitrogen and oxygen atoms in total. The van der Waals surface area contributed by atoms with Crippen molar-refractivity contribution in [1.29, 1.82) is 5.41 Å². The van der Waals surface area contributed by atoms with Crippen molar-refractivity contribution in [2.75, 3.05) is 18.5 Å². The molecule has 1 aliphatic rings. The van der Waals surface area contributed by atoms with Gasteiger partial charge in [0.05, 0.1) is 12.2 Å². The standard InChI is InChI=1S/C10H10FN3O/c1-13-9(12)6-14(10(13)15)8-5-3-2-4-7(8)11/h2-5,12H,6H2,1H3. The van der Waals surface area contributed by atoms with Crippen LogP contribution in [0.4, 0.5) is 14.9 Å². The minimum Gasteiger partial charge on any atom is -0.286 e. The molecule has 1 aromatic carbocycles. The Bertz CT molecular complexity index is 432. The number of likely N-dealkylation sites (N-methyl/N-ethyl adjacent to an activating group) is 1. The van der Waals surface area contributed by atoms with Crippen molar-refractivity contribution in [3.05, 3.63) is 30.1 Å². The number of amides is 2. The lowest BCUT2D eigenvalue weighted by Gasteiger charge is -2.15. The van der Waals surface area contributed by atoms with Crippen molar-refractivity contribution in [2.45, 2.75) is 0 Å². The number of urea groups is 1. The molecule has 1 fully saturated rings. The molecule has 0 saturated carbocycles. The zero-order chi connectivity index (χ0) is 11.0. The van der Waals surface area contributed by atoms with Crippen LogP contribution in [0.15, 0.2) is 24.3 Å². The third kappa shape index (κ3) is 1.45. The van der Waals surface area contributed by atoms with Gasteiger partial charge in [0.1, 0.15) is 11.7 Å². The summed E-state index contributed by atoms with van der Waals surface area (Å²) < 4.78 is 13.4. The summed E-state index contributed by atoms with van der Waals surface area (Å²) in [6.45, 7) is 0.121. The number of rotatable bonds is 1. The Kier molecular flexibility index (Phi) is 2.15. The fourth-order valence-electron chi connectivity index (χ4n) is 1.48. The summed E-state index contributed by atoms with van der Waals surface area (Å²) >= 11 is 0. The van der Waals surface area contributed by atoms with Crippen molar-refractivity contribution in [1.82, 2.24) is 4.90 Å². The van der Waals surface area contributed by atoms with Crippen molar-refractivity contribution in [3.63, 3.8) is 0 Å². The first kappa shape index (κ1) is 9.64. The highest BCUT2D eigenvalue weighted by atomic mass is 19.1. The van der Waals surface area contributed by atoms with Gasteiger partial charge in [0.2, 0.25) is 0 Å². The van der Waals surface area contributed by atoms with E-state index in [-0.39, 0.29) is 24.1 Å². The Morgan fingerprint density at radius 3 is 2.60 bits per heavy atom. The van der Waals surface area contributed by atoms with E-state index in [4.69, 9.17) is 5.41 Å². The summed E-state index contributed by atoms with van der Waals surface area (Å²) in [6, 6.07) is 5.68. The van der Waals surface area contributed by atoms with Gasteiger partial charge in [-0.2, -0.15) is 0 Å². The molecule has 1 heterocycles. The predicted octanol–water partition coefficient (Wildman–Crippen LogP) is 1.67. The Morgan fingerprint density at radius 2 is 2.07 bits per heavy atom. The van der Waals surface area contributed by atoms with Crippen LogP contribution in [-0.2, 0) is 0 Å². The second-order valence-electron chi connectivity index (χ2n) is 3.33. The van der Waals surface area contributed by atoms with Crippen molar-refractivity contribution < 1.29 is 9.18 Å². The Labute approximate surface area is 86.4 Å².